The number of piperidine rings is 1. The highest BCUT2D eigenvalue weighted by molar-refractivity contribution is 5.80. The lowest BCUT2D eigenvalue weighted by atomic mass is 10.0. The van der Waals surface area contributed by atoms with Crippen molar-refractivity contribution >= 4 is 11.8 Å². The molecule has 2 heterocycles. The van der Waals surface area contributed by atoms with Gasteiger partial charge in [0, 0.05) is 31.6 Å². The summed E-state index contributed by atoms with van der Waals surface area (Å²) in [5, 5.41) is 6.29. The van der Waals surface area contributed by atoms with Crippen molar-refractivity contribution in [2.45, 2.75) is 39.2 Å². The molecule has 5 nitrogen and oxygen atoms in total. The van der Waals surface area contributed by atoms with Crippen LogP contribution in [0.3, 0.4) is 0 Å². The lowest BCUT2D eigenvalue weighted by molar-refractivity contribution is -0.136. The van der Waals surface area contributed by atoms with Crippen molar-refractivity contribution in [3.8, 4) is 0 Å². The Kier molecular flexibility index (Phi) is 4.80. The van der Waals surface area contributed by atoms with E-state index in [2.05, 4.69) is 10.6 Å². The third kappa shape index (κ3) is 3.69. The minimum Gasteiger partial charge on any atom is -0.353 e. The monoisotopic (exact) mass is 267 g/mol. The molecule has 0 aromatic heterocycles. The van der Waals surface area contributed by atoms with Gasteiger partial charge in [-0.25, -0.2) is 0 Å². The molecule has 2 fully saturated rings. The van der Waals surface area contributed by atoms with E-state index in [1.54, 1.807) is 0 Å². The van der Waals surface area contributed by atoms with Crippen LogP contribution in [-0.2, 0) is 9.59 Å². The van der Waals surface area contributed by atoms with Crippen molar-refractivity contribution in [2.75, 3.05) is 26.2 Å². The van der Waals surface area contributed by atoms with Gasteiger partial charge in [0.25, 0.3) is 0 Å². The van der Waals surface area contributed by atoms with E-state index in [1.807, 2.05) is 18.7 Å². The molecule has 0 aliphatic carbocycles. The van der Waals surface area contributed by atoms with Crippen LogP contribution in [0.2, 0.25) is 0 Å². The Labute approximate surface area is 115 Å². The molecule has 2 aliphatic heterocycles. The Morgan fingerprint density at radius 1 is 1.21 bits per heavy atom. The fourth-order valence-electron chi connectivity index (χ4n) is 2.74. The zero-order valence-electron chi connectivity index (χ0n) is 11.9. The highest BCUT2D eigenvalue weighted by Crippen LogP contribution is 2.17. The van der Waals surface area contributed by atoms with Crippen molar-refractivity contribution < 1.29 is 9.59 Å². The Hall–Kier alpha value is -1.10. The summed E-state index contributed by atoms with van der Waals surface area (Å²) in [6.45, 7) is 7.14. The van der Waals surface area contributed by atoms with Crippen molar-refractivity contribution in [1.82, 2.24) is 15.5 Å². The summed E-state index contributed by atoms with van der Waals surface area (Å²) in [6, 6.07) is 0.237. The van der Waals surface area contributed by atoms with Gasteiger partial charge in [0.05, 0.1) is 5.92 Å². The lowest BCUT2D eigenvalue weighted by Crippen LogP contribution is -2.48. The summed E-state index contributed by atoms with van der Waals surface area (Å²) < 4.78 is 0. The van der Waals surface area contributed by atoms with Crippen molar-refractivity contribution in [1.29, 1.82) is 0 Å². The molecule has 19 heavy (non-hydrogen) atoms. The molecule has 2 rings (SSSR count). The molecular formula is C14H25N3O2. The lowest BCUT2D eigenvalue weighted by Gasteiger charge is -2.34. The molecular weight excluding hydrogens is 242 g/mol. The Balaban J connectivity index is 1.75. The number of likely N-dealkylation sites (tertiary alicyclic amines) is 1. The van der Waals surface area contributed by atoms with Crippen LogP contribution in [0.15, 0.2) is 0 Å². The summed E-state index contributed by atoms with van der Waals surface area (Å²) in [5.41, 5.74) is 0. The van der Waals surface area contributed by atoms with Crippen molar-refractivity contribution in [2.24, 2.45) is 11.8 Å². The molecule has 1 atom stereocenters. The van der Waals surface area contributed by atoms with Crippen LogP contribution in [0.1, 0.15) is 33.1 Å². The van der Waals surface area contributed by atoms with Crippen molar-refractivity contribution in [3.05, 3.63) is 0 Å². The van der Waals surface area contributed by atoms with Crippen LogP contribution in [0, 0.1) is 11.8 Å². The molecule has 0 aromatic carbocycles. The first-order valence-electron chi connectivity index (χ1n) is 7.38. The Bertz CT molecular complexity index is 330. The van der Waals surface area contributed by atoms with E-state index < -0.39 is 0 Å². The third-order valence-electron chi connectivity index (χ3n) is 4.09. The number of nitrogens with one attached hydrogen (secondary N) is 2. The maximum absolute atomic E-state index is 12.2. The van der Waals surface area contributed by atoms with Gasteiger partial charge in [-0.2, -0.15) is 0 Å². The number of carbonyl (C=O) groups is 2. The van der Waals surface area contributed by atoms with Crippen LogP contribution < -0.4 is 10.6 Å². The second-order valence-electron chi connectivity index (χ2n) is 5.95. The molecule has 108 valence electrons. The van der Waals surface area contributed by atoms with Gasteiger partial charge in [-0.05, 0) is 25.8 Å². The molecule has 2 saturated heterocycles. The predicted octanol–water partition coefficient (Wildman–Crippen LogP) is 0.359. The van der Waals surface area contributed by atoms with Crippen LogP contribution in [0.4, 0.5) is 0 Å². The van der Waals surface area contributed by atoms with Gasteiger partial charge in [-0.1, -0.05) is 13.8 Å². The zero-order valence-corrected chi connectivity index (χ0v) is 11.9. The largest absolute Gasteiger partial charge is 0.353 e. The van der Waals surface area contributed by atoms with E-state index >= 15 is 0 Å². The maximum atomic E-state index is 12.2. The topological polar surface area (TPSA) is 61.4 Å². The van der Waals surface area contributed by atoms with Crippen molar-refractivity contribution in [3.63, 3.8) is 0 Å². The maximum Gasteiger partial charge on any atom is 0.227 e. The number of hydrogen-bond acceptors (Lipinski definition) is 3. The van der Waals surface area contributed by atoms with Gasteiger partial charge in [0.15, 0.2) is 0 Å². The van der Waals surface area contributed by atoms with E-state index in [9.17, 15) is 9.59 Å². The average Bonchev–Trinajstić information content (AvgIpc) is 2.92. The number of rotatable bonds is 3. The molecule has 0 radical (unpaired) electrons. The average molecular weight is 267 g/mol. The van der Waals surface area contributed by atoms with E-state index in [1.165, 1.54) is 0 Å². The van der Waals surface area contributed by atoms with Gasteiger partial charge < -0.3 is 15.5 Å². The molecule has 1 unspecified atom stereocenters. The molecule has 0 spiro atoms. The molecule has 0 saturated carbocycles. The highest BCUT2D eigenvalue weighted by Gasteiger charge is 2.30. The first kappa shape index (κ1) is 14.3. The smallest absolute Gasteiger partial charge is 0.227 e. The number of nitrogens with zero attached hydrogens (tertiary/aromatic N) is 1. The van der Waals surface area contributed by atoms with E-state index in [-0.39, 0.29) is 23.8 Å². The zero-order chi connectivity index (χ0) is 13.8. The summed E-state index contributed by atoms with van der Waals surface area (Å²) in [6.07, 6.45) is 2.72. The summed E-state index contributed by atoms with van der Waals surface area (Å²) >= 11 is 0. The van der Waals surface area contributed by atoms with Gasteiger partial charge in [-0.15, -0.1) is 0 Å². The summed E-state index contributed by atoms with van der Waals surface area (Å²) in [4.78, 5) is 25.8. The standard InChI is InChI=1S/C14H25N3O2/c1-10(2)13(18)16-12-4-7-17(8-5-12)14(19)11-3-6-15-9-11/h10-12,15H,3-9H2,1-2H3,(H,16,18). The van der Waals surface area contributed by atoms with Gasteiger partial charge in [-0.3, -0.25) is 9.59 Å². The molecule has 2 aliphatic rings. The molecule has 2 amide bonds. The van der Waals surface area contributed by atoms with E-state index in [4.69, 9.17) is 0 Å². The number of amides is 2. The van der Waals surface area contributed by atoms with E-state index in [0.29, 0.717) is 5.91 Å². The second kappa shape index (κ2) is 6.37. The fraction of sp³-hybridized carbons (Fsp3) is 0.857. The fourth-order valence-corrected chi connectivity index (χ4v) is 2.74. The number of carbonyl (C=O) groups excluding carboxylic acids is 2. The quantitative estimate of drug-likeness (QED) is 0.776. The summed E-state index contributed by atoms with van der Waals surface area (Å²) in [7, 11) is 0. The highest BCUT2D eigenvalue weighted by atomic mass is 16.2. The Morgan fingerprint density at radius 2 is 1.89 bits per heavy atom. The number of hydrogen-bond donors (Lipinski definition) is 2. The van der Waals surface area contributed by atoms with Gasteiger partial charge in [0.2, 0.25) is 11.8 Å². The minimum absolute atomic E-state index is 0.0317. The predicted molar refractivity (Wildman–Crippen MR) is 73.6 cm³/mol. The summed E-state index contributed by atoms with van der Waals surface area (Å²) in [5.74, 6) is 0.606. The molecule has 2 N–H and O–H groups in total. The van der Waals surface area contributed by atoms with Crippen LogP contribution >= 0.6 is 0 Å². The minimum atomic E-state index is 0.0317. The van der Waals surface area contributed by atoms with E-state index in [0.717, 1.165) is 45.4 Å². The van der Waals surface area contributed by atoms with Gasteiger partial charge in [0.1, 0.15) is 0 Å². The normalized spacial score (nSPS) is 24.8. The second-order valence-corrected chi connectivity index (χ2v) is 5.95. The van der Waals surface area contributed by atoms with Crippen LogP contribution in [0.25, 0.3) is 0 Å². The van der Waals surface area contributed by atoms with Crippen LogP contribution in [0.5, 0.6) is 0 Å². The molecule has 5 heteroatoms. The molecule has 0 aromatic rings. The SMILES string of the molecule is CC(C)C(=O)NC1CCN(C(=O)C2CCNC2)CC1. The van der Waals surface area contributed by atoms with Crippen LogP contribution in [-0.4, -0.2) is 48.9 Å². The molecule has 0 bridgehead atoms. The van der Waals surface area contributed by atoms with Gasteiger partial charge >= 0.3 is 0 Å². The third-order valence-corrected chi connectivity index (χ3v) is 4.09. The Morgan fingerprint density at radius 3 is 2.42 bits per heavy atom. The first-order chi connectivity index (χ1) is 9.08. The first-order valence-corrected chi connectivity index (χ1v) is 7.38.